The number of anilines is 1. The zero-order valence-electron chi connectivity index (χ0n) is 23.7. The van der Waals surface area contributed by atoms with E-state index in [0.29, 0.717) is 12.1 Å². The number of nitrogens with zero attached hydrogens (tertiary/aromatic N) is 4. The van der Waals surface area contributed by atoms with Crippen molar-refractivity contribution in [2.24, 2.45) is 4.99 Å². The first-order valence-corrected chi connectivity index (χ1v) is 15.7. The highest BCUT2D eigenvalue weighted by molar-refractivity contribution is 8.18. The molecule has 38 heavy (non-hydrogen) atoms. The van der Waals surface area contributed by atoms with Gasteiger partial charge in [-0.05, 0) is 107 Å². The van der Waals surface area contributed by atoms with Crippen molar-refractivity contribution in [3.63, 3.8) is 0 Å². The molecule has 1 aromatic heterocycles. The normalized spacial score (nSPS) is 21.7. The fraction of sp³-hybridized carbons (Fsp3) is 0.562. The van der Waals surface area contributed by atoms with E-state index in [-0.39, 0.29) is 5.91 Å². The molecule has 5 nitrogen and oxygen atoms in total. The number of carbonyl (C=O) groups is 1. The van der Waals surface area contributed by atoms with E-state index in [1.54, 1.807) is 11.8 Å². The standard InChI is InChI=1S/C32H44N4OS/c1-5-34(6-2)27-17-19-29(20-18-27)35-23(3)21-25(24(35)4)22-30-31(37)36(28-15-11-8-12-16-28)32(38-30)33-26-13-9-7-10-14-26/h17-22,26,28H,5-16H2,1-4H3. The van der Waals surface area contributed by atoms with E-state index in [2.05, 4.69) is 78.5 Å². The van der Waals surface area contributed by atoms with Gasteiger partial charge in [0.2, 0.25) is 0 Å². The molecule has 6 heteroatoms. The minimum absolute atomic E-state index is 0.157. The first kappa shape index (κ1) is 27.1. The Labute approximate surface area is 233 Å². The second-order valence-electron chi connectivity index (χ2n) is 11.1. The third-order valence-corrected chi connectivity index (χ3v) is 9.63. The smallest absolute Gasteiger partial charge is 0.267 e. The van der Waals surface area contributed by atoms with Gasteiger partial charge in [-0.1, -0.05) is 38.5 Å². The highest BCUT2D eigenvalue weighted by Gasteiger charge is 2.39. The SMILES string of the molecule is CCN(CC)c1ccc(-n2c(C)cc(C=C3SC(=NC4CCCCC4)N(C4CCCCC4)C3=O)c2C)cc1. The molecule has 204 valence electrons. The number of aromatic nitrogens is 1. The molecule has 0 unspecified atom stereocenters. The van der Waals surface area contributed by atoms with Crippen LogP contribution in [-0.2, 0) is 4.79 Å². The molecule has 2 saturated carbocycles. The van der Waals surface area contributed by atoms with E-state index in [9.17, 15) is 4.79 Å². The van der Waals surface area contributed by atoms with Gasteiger partial charge >= 0.3 is 0 Å². The van der Waals surface area contributed by atoms with Gasteiger partial charge in [-0.25, -0.2) is 0 Å². The fourth-order valence-electron chi connectivity index (χ4n) is 6.48. The maximum absolute atomic E-state index is 13.8. The average molecular weight is 533 g/mol. The Morgan fingerprint density at radius 2 is 1.58 bits per heavy atom. The van der Waals surface area contributed by atoms with Crippen molar-refractivity contribution >= 4 is 34.6 Å². The van der Waals surface area contributed by atoms with Crippen LogP contribution in [0.1, 0.15) is 95.0 Å². The molecule has 3 aliphatic rings. The minimum atomic E-state index is 0.157. The van der Waals surface area contributed by atoms with Crippen LogP contribution < -0.4 is 4.90 Å². The Hall–Kier alpha value is -2.47. The van der Waals surface area contributed by atoms with Gasteiger partial charge in [0, 0.05) is 41.9 Å². The van der Waals surface area contributed by atoms with Crippen molar-refractivity contribution in [1.29, 1.82) is 0 Å². The van der Waals surface area contributed by atoms with Gasteiger partial charge in [0.1, 0.15) is 0 Å². The van der Waals surface area contributed by atoms with Crippen LogP contribution in [0.4, 0.5) is 5.69 Å². The molecule has 2 aliphatic carbocycles. The first-order chi connectivity index (χ1) is 18.5. The van der Waals surface area contributed by atoms with E-state index in [0.717, 1.165) is 60.1 Å². The summed E-state index contributed by atoms with van der Waals surface area (Å²) >= 11 is 1.61. The molecule has 5 rings (SSSR count). The van der Waals surface area contributed by atoms with Gasteiger partial charge in [-0.2, -0.15) is 0 Å². The predicted molar refractivity (Wildman–Crippen MR) is 162 cm³/mol. The second-order valence-corrected chi connectivity index (χ2v) is 12.1. The van der Waals surface area contributed by atoms with Crippen LogP contribution in [0.5, 0.6) is 0 Å². The van der Waals surface area contributed by atoms with E-state index >= 15 is 0 Å². The van der Waals surface area contributed by atoms with Crippen molar-refractivity contribution in [2.75, 3.05) is 18.0 Å². The molecule has 1 aromatic carbocycles. The molecule has 1 amide bonds. The monoisotopic (exact) mass is 532 g/mol. The summed E-state index contributed by atoms with van der Waals surface area (Å²) in [5, 5.41) is 0.959. The molecule has 0 N–H and O–H groups in total. The molecular weight excluding hydrogens is 488 g/mol. The topological polar surface area (TPSA) is 40.8 Å². The van der Waals surface area contributed by atoms with Crippen molar-refractivity contribution in [3.05, 3.63) is 52.2 Å². The van der Waals surface area contributed by atoms with Gasteiger partial charge in [0.15, 0.2) is 5.17 Å². The van der Waals surface area contributed by atoms with Crippen molar-refractivity contribution in [2.45, 2.75) is 104 Å². The van der Waals surface area contributed by atoms with E-state index in [4.69, 9.17) is 4.99 Å². The summed E-state index contributed by atoms with van der Waals surface area (Å²) < 4.78 is 2.30. The molecule has 0 spiro atoms. The number of aliphatic imine (C=N–C) groups is 1. The summed E-state index contributed by atoms with van der Waals surface area (Å²) in [6.07, 6.45) is 14.2. The maximum atomic E-state index is 13.8. The number of carbonyl (C=O) groups excluding carboxylic acids is 1. The number of aryl methyl sites for hydroxylation is 1. The average Bonchev–Trinajstić information content (AvgIpc) is 3.40. The Morgan fingerprint density at radius 1 is 0.947 bits per heavy atom. The lowest BCUT2D eigenvalue weighted by atomic mass is 9.94. The molecule has 1 aliphatic heterocycles. The van der Waals surface area contributed by atoms with Crippen LogP contribution >= 0.6 is 11.8 Å². The van der Waals surface area contributed by atoms with Crippen LogP contribution in [-0.4, -0.2) is 45.7 Å². The Morgan fingerprint density at radius 3 is 2.21 bits per heavy atom. The molecule has 0 atom stereocenters. The van der Waals surface area contributed by atoms with Gasteiger partial charge < -0.3 is 9.47 Å². The number of benzene rings is 1. The van der Waals surface area contributed by atoms with Crippen molar-refractivity contribution < 1.29 is 4.79 Å². The molecule has 0 radical (unpaired) electrons. The van der Waals surface area contributed by atoms with Gasteiger partial charge in [0.25, 0.3) is 5.91 Å². The fourth-order valence-corrected chi connectivity index (χ4v) is 7.58. The second kappa shape index (κ2) is 12.1. The molecule has 2 aromatic rings. The summed E-state index contributed by atoms with van der Waals surface area (Å²) in [5.74, 6) is 0.157. The molecule has 3 fully saturated rings. The largest absolute Gasteiger partial charge is 0.372 e. The number of amidine groups is 1. The lowest BCUT2D eigenvalue weighted by Gasteiger charge is -2.31. The Kier molecular flexibility index (Phi) is 8.67. The molecular formula is C32H44N4OS. The van der Waals surface area contributed by atoms with Gasteiger partial charge in [0.05, 0.1) is 10.9 Å². The zero-order valence-corrected chi connectivity index (χ0v) is 24.5. The number of hydrogen-bond acceptors (Lipinski definition) is 4. The number of rotatable bonds is 7. The predicted octanol–water partition coefficient (Wildman–Crippen LogP) is 7.88. The Bertz CT molecular complexity index is 1180. The van der Waals surface area contributed by atoms with Crippen molar-refractivity contribution in [3.8, 4) is 5.69 Å². The summed E-state index contributed by atoms with van der Waals surface area (Å²) in [6, 6.07) is 11.7. The lowest BCUT2D eigenvalue weighted by molar-refractivity contribution is -0.124. The van der Waals surface area contributed by atoms with E-state index in [1.807, 2.05) is 0 Å². The van der Waals surface area contributed by atoms with Crippen LogP contribution in [0, 0.1) is 13.8 Å². The van der Waals surface area contributed by atoms with Crippen molar-refractivity contribution in [1.82, 2.24) is 9.47 Å². The van der Waals surface area contributed by atoms with Gasteiger partial charge in [-0.15, -0.1) is 0 Å². The number of thioether (sulfide) groups is 1. The zero-order chi connectivity index (χ0) is 26.6. The third-order valence-electron chi connectivity index (χ3n) is 8.64. The first-order valence-electron chi connectivity index (χ1n) is 14.8. The summed E-state index contributed by atoms with van der Waals surface area (Å²) in [4.78, 5) is 24.3. The number of hydrogen-bond donors (Lipinski definition) is 0. The quantitative estimate of drug-likeness (QED) is 0.341. The van der Waals surface area contributed by atoms with Crippen LogP contribution in [0.3, 0.4) is 0 Å². The molecule has 1 saturated heterocycles. The van der Waals surface area contributed by atoms with E-state index < -0.39 is 0 Å². The number of amides is 1. The lowest BCUT2D eigenvalue weighted by Crippen LogP contribution is -2.41. The summed E-state index contributed by atoms with van der Waals surface area (Å²) in [7, 11) is 0. The highest BCUT2D eigenvalue weighted by atomic mass is 32.2. The summed E-state index contributed by atoms with van der Waals surface area (Å²) in [5.41, 5.74) is 5.88. The highest BCUT2D eigenvalue weighted by Crippen LogP contribution is 2.39. The van der Waals surface area contributed by atoms with Crippen LogP contribution in [0.25, 0.3) is 11.8 Å². The minimum Gasteiger partial charge on any atom is -0.372 e. The third kappa shape index (κ3) is 5.61. The maximum Gasteiger partial charge on any atom is 0.267 e. The molecule has 0 bridgehead atoms. The molecule has 2 heterocycles. The van der Waals surface area contributed by atoms with Crippen LogP contribution in [0.15, 0.2) is 40.2 Å². The van der Waals surface area contributed by atoms with Crippen LogP contribution in [0.2, 0.25) is 0 Å². The summed E-state index contributed by atoms with van der Waals surface area (Å²) in [6.45, 7) is 10.7. The van der Waals surface area contributed by atoms with Gasteiger partial charge in [-0.3, -0.25) is 14.7 Å². The van der Waals surface area contributed by atoms with E-state index in [1.165, 1.54) is 55.6 Å². The Balaban J connectivity index is 1.44.